The highest BCUT2D eigenvalue weighted by molar-refractivity contribution is 5.67. The van der Waals surface area contributed by atoms with E-state index in [1.54, 1.807) is 6.92 Å². The Kier molecular flexibility index (Phi) is 3.83. The lowest BCUT2D eigenvalue weighted by molar-refractivity contribution is 0.141. The molecule has 1 rings (SSSR count). The number of carbonyl (C=O) groups excluding carboxylic acids is 1. The van der Waals surface area contributed by atoms with E-state index in [0.29, 0.717) is 6.61 Å². The predicted molar refractivity (Wildman–Crippen MR) is 44.3 cm³/mol. The lowest BCUT2D eigenvalue weighted by Crippen LogP contribution is -2.54. The van der Waals surface area contributed by atoms with Crippen LogP contribution in [-0.2, 0) is 4.74 Å². The minimum absolute atomic E-state index is 0.00204. The largest absolute Gasteiger partial charge is 0.450 e. The molecule has 0 spiro atoms. The predicted octanol–water partition coefficient (Wildman–Crippen LogP) is -0.0534. The van der Waals surface area contributed by atoms with Crippen LogP contribution in [0, 0.1) is 0 Å². The number of hydrogen-bond acceptors (Lipinski definition) is 4. The Labute approximate surface area is 71.8 Å². The lowest BCUT2D eigenvalue weighted by Gasteiger charge is -2.24. The first kappa shape index (κ1) is 9.28. The second-order valence-corrected chi connectivity index (χ2v) is 2.63. The molecule has 1 aliphatic rings. The monoisotopic (exact) mass is 173 g/mol. The zero-order valence-corrected chi connectivity index (χ0v) is 7.22. The van der Waals surface area contributed by atoms with Crippen LogP contribution in [0.15, 0.2) is 0 Å². The van der Waals surface area contributed by atoms with E-state index >= 15 is 0 Å². The van der Waals surface area contributed by atoms with Crippen molar-refractivity contribution in [2.45, 2.75) is 25.9 Å². The third-order valence-corrected chi connectivity index (χ3v) is 1.64. The van der Waals surface area contributed by atoms with Gasteiger partial charge in [-0.1, -0.05) is 0 Å². The Hall–Kier alpha value is -0.810. The minimum Gasteiger partial charge on any atom is -0.450 e. The highest BCUT2D eigenvalue weighted by Crippen LogP contribution is 1.96. The Morgan fingerprint density at radius 2 is 2.58 bits per heavy atom. The summed E-state index contributed by atoms with van der Waals surface area (Å²) in [5.41, 5.74) is 5.91. The number of alkyl carbamates (subject to hydrolysis) is 1. The molecule has 5 heteroatoms. The quantitative estimate of drug-likeness (QED) is 0.547. The van der Waals surface area contributed by atoms with Crippen LogP contribution in [-0.4, -0.2) is 25.4 Å². The summed E-state index contributed by atoms with van der Waals surface area (Å²) in [6.45, 7) is 3.14. The van der Waals surface area contributed by atoms with Crippen molar-refractivity contribution < 1.29 is 9.53 Å². The summed E-state index contributed by atoms with van der Waals surface area (Å²) >= 11 is 0. The van der Waals surface area contributed by atoms with Crippen LogP contribution in [0.4, 0.5) is 4.79 Å². The first-order valence-corrected chi connectivity index (χ1v) is 4.24. The molecule has 0 aromatic rings. The fourth-order valence-corrected chi connectivity index (χ4v) is 1.09. The lowest BCUT2D eigenvalue weighted by atomic mass is 10.2. The van der Waals surface area contributed by atoms with Gasteiger partial charge in [0.15, 0.2) is 0 Å². The normalized spacial score (nSPS) is 23.2. The van der Waals surface area contributed by atoms with Gasteiger partial charge in [0.05, 0.1) is 12.8 Å². The van der Waals surface area contributed by atoms with Crippen molar-refractivity contribution >= 4 is 6.09 Å². The van der Waals surface area contributed by atoms with Crippen LogP contribution in [0.25, 0.3) is 0 Å². The van der Waals surface area contributed by atoms with Crippen LogP contribution in [0.5, 0.6) is 0 Å². The van der Waals surface area contributed by atoms with Crippen molar-refractivity contribution in [2.24, 2.45) is 0 Å². The summed E-state index contributed by atoms with van der Waals surface area (Å²) in [5.74, 6) is 0. The molecule has 5 nitrogen and oxygen atoms in total. The molecule has 1 aliphatic heterocycles. The number of hydrogen-bond donors (Lipinski definition) is 3. The molecule has 1 fully saturated rings. The fraction of sp³-hybridized carbons (Fsp3) is 0.857. The summed E-state index contributed by atoms with van der Waals surface area (Å²) in [7, 11) is 0. The molecule has 0 bridgehead atoms. The van der Waals surface area contributed by atoms with E-state index in [4.69, 9.17) is 4.74 Å². The number of nitrogens with one attached hydrogen (secondary N) is 3. The molecule has 0 aliphatic carbocycles. The number of rotatable bonds is 2. The van der Waals surface area contributed by atoms with Gasteiger partial charge < -0.3 is 10.1 Å². The summed E-state index contributed by atoms with van der Waals surface area (Å²) in [6, 6.07) is 0. The summed E-state index contributed by atoms with van der Waals surface area (Å²) in [5, 5.41) is 2.68. The van der Waals surface area contributed by atoms with Gasteiger partial charge in [-0.3, -0.25) is 5.43 Å². The average molecular weight is 173 g/mol. The van der Waals surface area contributed by atoms with Gasteiger partial charge >= 0.3 is 6.09 Å². The van der Waals surface area contributed by atoms with E-state index in [1.165, 1.54) is 0 Å². The van der Waals surface area contributed by atoms with Crippen molar-refractivity contribution in [3.8, 4) is 0 Å². The second-order valence-electron chi connectivity index (χ2n) is 2.63. The van der Waals surface area contributed by atoms with Crippen LogP contribution in [0.2, 0.25) is 0 Å². The number of hydrazine groups is 1. The molecule has 0 radical (unpaired) electrons. The molecule has 1 amide bonds. The zero-order valence-electron chi connectivity index (χ0n) is 7.22. The van der Waals surface area contributed by atoms with Crippen LogP contribution >= 0.6 is 0 Å². The molecular formula is C7H15N3O2. The summed E-state index contributed by atoms with van der Waals surface area (Å²) in [4.78, 5) is 10.9. The number of ether oxygens (including phenoxy) is 1. The van der Waals surface area contributed by atoms with Gasteiger partial charge in [-0.2, -0.15) is 0 Å². The van der Waals surface area contributed by atoms with E-state index in [1.807, 2.05) is 0 Å². The van der Waals surface area contributed by atoms with E-state index in [9.17, 15) is 4.79 Å². The van der Waals surface area contributed by atoms with Gasteiger partial charge in [-0.25, -0.2) is 10.2 Å². The van der Waals surface area contributed by atoms with E-state index in [2.05, 4.69) is 16.2 Å². The van der Waals surface area contributed by atoms with E-state index in [-0.39, 0.29) is 12.3 Å². The van der Waals surface area contributed by atoms with Gasteiger partial charge in [-0.15, -0.1) is 0 Å². The highest BCUT2D eigenvalue weighted by atomic mass is 16.5. The van der Waals surface area contributed by atoms with Crippen molar-refractivity contribution in [2.75, 3.05) is 13.2 Å². The van der Waals surface area contributed by atoms with Gasteiger partial charge in [0.1, 0.15) is 0 Å². The van der Waals surface area contributed by atoms with Gasteiger partial charge in [0.2, 0.25) is 0 Å². The Morgan fingerprint density at radius 3 is 3.17 bits per heavy atom. The summed E-state index contributed by atoms with van der Waals surface area (Å²) < 4.78 is 4.73. The molecule has 0 saturated carbocycles. The van der Waals surface area contributed by atoms with Crippen LogP contribution < -0.4 is 16.2 Å². The number of carbonyl (C=O) groups is 1. The molecule has 70 valence electrons. The third kappa shape index (κ3) is 3.06. The standard InChI is InChI=1S/C7H15N3O2/c1-2-12-7(11)9-6-4-3-5-8-10-6/h6,8,10H,2-5H2,1H3,(H,9,11). The molecule has 3 N–H and O–H groups in total. The maximum absolute atomic E-state index is 10.9. The second kappa shape index (κ2) is 4.95. The van der Waals surface area contributed by atoms with E-state index in [0.717, 1.165) is 19.4 Å². The van der Waals surface area contributed by atoms with Crippen molar-refractivity contribution in [1.29, 1.82) is 0 Å². The van der Waals surface area contributed by atoms with Gasteiger partial charge in [-0.05, 0) is 19.8 Å². The van der Waals surface area contributed by atoms with Crippen LogP contribution in [0.1, 0.15) is 19.8 Å². The van der Waals surface area contributed by atoms with Crippen molar-refractivity contribution in [1.82, 2.24) is 16.2 Å². The third-order valence-electron chi connectivity index (χ3n) is 1.64. The molecule has 0 aromatic carbocycles. The summed E-state index contributed by atoms with van der Waals surface area (Å²) in [6.07, 6.45) is 1.63. The van der Waals surface area contributed by atoms with Crippen molar-refractivity contribution in [3.05, 3.63) is 0 Å². The molecule has 1 unspecified atom stereocenters. The molecule has 0 aromatic heterocycles. The maximum Gasteiger partial charge on any atom is 0.408 e. The Morgan fingerprint density at radius 1 is 1.75 bits per heavy atom. The Bertz CT molecular complexity index is 146. The fourth-order valence-electron chi connectivity index (χ4n) is 1.09. The Balaban J connectivity index is 2.15. The molecular weight excluding hydrogens is 158 g/mol. The van der Waals surface area contributed by atoms with Gasteiger partial charge in [0.25, 0.3) is 0 Å². The molecule has 12 heavy (non-hydrogen) atoms. The zero-order chi connectivity index (χ0) is 8.81. The topological polar surface area (TPSA) is 62.4 Å². The molecule has 1 saturated heterocycles. The minimum atomic E-state index is -0.362. The van der Waals surface area contributed by atoms with Crippen LogP contribution in [0.3, 0.4) is 0 Å². The smallest absolute Gasteiger partial charge is 0.408 e. The van der Waals surface area contributed by atoms with Crippen molar-refractivity contribution in [3.63, 3.8) is 0 Å². The number of amides is 1. The van der Waals surface area contributed by atoms with E-state index < -0.39 is 0 Å². The van der Waals surface area contributed by atoms with Gasteiger partial charge in [0, 0.05) is 6.54 Å². The maximum atomic E-state index is 10.9. The highest BCUT2D eigenvalue weighted by Gasteiger charge is 2.14. The first-order valence-electron chi connectivity index (χ1n) is 4.24. The molecule has 1 atom stereocenters. The molecule has 1 heterocycles. The SMILES string of the molecule is CCOC(=O)NC1CCCNN1. The first-order chi connectivity index (χ1) is 5.83. The average Bonchev–Trinajstić information content (AvgIpc) is 2.06.